The lowest BCUT2D eigenvalue weighted by molar-refractivity contribution is 0.0691. The van der Waals surface area contributed by atoms with Gasteiger partial charge in [0.05, 0.1) is 0 Å². The first kappa shape index (κ1) is 15.5. The van der Waals surface area contributed by atoms with Crippen LogP contribution >= 0.6 is 0 Å². The molecule has 3 aromatic rings. The second-order valence-electron chi connectivity index (χ2n) is 6.21. The molecule has 1 fully saturated rings. The molecule has 4 rings (SSSR count). The highest BCUT2D eigenvalue weighted by atomic mass is 19.1. The van der Waals surface area contributed by atoms with Crippen LogP contribution in [0.2, 0.25) is 0 Å². The van der Waals surface area contributed by atoms with E-state index in [9.17, 15) is 9.18 Å². The zero-order chi connectivity index (χ0) is 17.4. The van der Waals surface area contributed by atoms with Crippen LogP contribution in [0.15, 0.2) is 48.5 Å². The van der Waals surface area contributed by atoms with Crippen molar-refractivity contribution >= 4 is 28.2 Å². The molecule has 5 nitrogen and oxygen atoms in total. The van der Waals surface area contributed by atoms with E-state index in [1.54, 1.807) is 6.07 Å². The van der Waals surface area contributed by atoms with Gasteiger partial charge in [-0.1, -0.05) is 0 Å². The standard InChI is InChI=1S/C19H18FN3O2/c20-14-1-3-15(4-2-14)22-7-9-23(10-8-22)16-5-6-17-13(11-16)12-18(21-17)19(24)25/h1-6,11-12,21H,7-10H2,(H,24,25). The van der Waals surface area contributed by atoms with Gasteiger partial charge in [-0.3, -0.25) is 0 Å². The van der Waals surface area contributed by atoms with Gasteiger partial charge in [0.2, 0.25) is 0 Å². The minimum Gasteiger partial charge on any atom is -0.477 e. The molecule has 2 aromatic carbocycles. The maximum absolute atomic E-state index is 13.1. The van der Waals surface area contributed by atoms with Gasteiger partial charge >= 0.3 is 5.97 Å². The highest BCUT2D eigenvalue weighted by Gasteiger charge is 2.18. The summed E-state index contributed by atoms with van der Waals surface area (Å²) in [6.07, 6.45) is 0. The summed E-state index contributed by atoms with van der Waals surface area (Å²) in [5.74, 6) is -1.17. The van der Waals surface area contributed by atoms with Gasteiger partial charge in [-0.25, -0.2) is 9.18 Å². The summed E-state index contributed by atoms with van der Waals surface area (Å²) in [5.41, 5.74) is 3.15. The van der Waals surface area contributed by atoms with Crippen molar-refractivity contribution in [1.82, 2.24) is 4.98 Å². The lowest BCUT2D eigenvalue weighted by Gasteiger charge is -2.37. The number of fused-ring (bicyclic) bond motifs is 1. The molecule has 1 aromatic heterocycles. The van der Waals surface area contributed by atoms with Crippen molar-refractivity contribution in [3.05, 3.63) is 60.0 Å². The number of aromatic nitrogens is 1. The van der Waals surface area contributed by atoms with Crippen LogP contribution in [0.1, 0.15) is 10.5 Å². The Hall–Kier alpha value is -3.02. The molecule has 1 aliphatic rings. The second kappa shape index (κ2) is 6.12. The number of rotatable bonds is 3. The molecule has 0 atom stereocenters. The summed E-state index contributed by atoms with van der Waals surface area (Å²) in [7, 11) is 0. The number of halogens is 1. The molecule has 1 saturated heterocycles. The third-order valence-electron chi connectivity index (χ3n) is 4.67. The van der Waals surface area contributed by atoms with Crippen molar-refractivity contribution in [2.75, 3.05) is 36.0 Å². The van der Waals surface area contributed by atoms with Gasteiger partial charge in [0.25, 0.3) is 0 Å². The number of hydrogen-bond acceptors (Lipinski definition) is 3. The summed E-state index contributed by atoms with van der Waals surface area (Å²) in [4.78, 5) is 18.5. The van der Waals surface area contributed by atoms with E-state index in [4.69, 9.17) is 5.11 Å². The maximum atomic E-state index is 13.1. The number of nitrogens with zero attached hydrogens (tertiary/aromatic N) is 2. The lowest BCUT2D eigenvalue weighted by atomic mass is 10.2. The maximum Gasteiger partial charge on any atom is 0.352 e. The van der Waals surface area contributed by atoms with Crippen molar-refractivity contribution < 1.29 is 14.3 Å². The van der Waals surface area contributed by atoms with Crippen molar-refractivity contribution in [3.8, 4) is 0 Å². The fraction of sp³-hybridized carbons (Fsp3) is 0.211. The van der Waals surface area contributed by atoms with Crippen molar-refractivity contribution in [1.29, 1.82) is 0 Å². The molecule has 0 saturated carbocycles. The molecule has 0 aliphatic carbocycles. The van der Waals surface area contributed by atoms with E-state index in [1.165, 1.54) is 12.1 Å². The number of carboxylic acid groups (broad SMARTS) is 1. The van der Waals surface area contributed by atoms with E-state index >= 15 is 0 Å². The normalized spacial score (nSPS) is 14.9. The Labute approximate surface area is 144 Å². The minimum absolute atomic E-state index is 0.202. The SMILES string of the molecule is O=C(O)c1cc2cc(N3CCN(c4ccc(F)cc4)CC3)ccc2[nH]1. The molecule has 0 amide bonds. The number of piperazine rings is 1. The lowest BCUT2D eigenvalue weighted by Crippen LogP contribution is -2.46. The number of H-pyrrole nitrogens is 1. The average molecular weight is 339 g/mol. The van der Waals surface area contributed by atoms with Gasteiger partial charge in [0.15, 0.2) is 0 Å². The number of aromatic amines is 1. The van der Waals surface area contributed by atoms with E-state index in [0.29, 0.717) is 0 Å². The van der Waals surface area contributed by atoms with Gasteiger partial charge in [-0.2, -0.15) is 0 Å². The van der Waals surface area contributed by atoms with Crippen molar-refractivity contribution in [2.24, 2.45) is 0 Å². The Morgan fingerprint density at radius 2 is 1.52 bits per heavy atom. The van der Waals surface area contributed by atoms with Crippen LogP contribution in [0.5, 0.6) is 0 Å². The highest BCUT2D eigenvalue weighted by molar-refractivity contribution is 5.94. The quantitative estimate of drug-likeness (QED) is 0.768. The monoisotopic (exact) mass is 339 g/mol. The molecule has 1 aliphatic heterocycles. The third-order valence-corrected chi connectivity index (χ3v) is 4.67. The number of hydrogen-bond donors (Lipinski definition) is 2. The van der Waals surface area contributed by atoms with Crippen LogP contribution in [-0.4, -0.2) is 42.2 Å². The first-order valence-corrected chi connectivity index (χ1v) is 8.22. The van der Waals surface area contributed by atoms with Crippen LogP contribution in [0.3, 0.4) is 0 Å². The molecular formula is C19H18FN3O2. The first-order valence-electron chi connectivity index (χ1n) is 8.22. The minimum atomic E-state index is -0.953. The number of aromatic carboxylic acids is 1. The summed E-state index contributed by atoms with van der Waals surface area (Å²) in [5, 5.41) is 9.99. The molecule has 25 heavy (non-hydrogen) atoms. The van der Waals surface area contributed by atoms with Crippen LogP contribution in [0.25, 0.3) is 10.9 Å². The number of carbonyl (C=O) groups is 1. The molecule has 6 heteroatoms. The van der Waals surface area contributed by atoms with Gasteiger partial charge in [0.1, 0.15) is 11.5 Å². The smallest absolute Gasteiger partial charge is 0.352 e. The number of benzene rings is 2. The zero-order valence-electron chi connectivity index (χ0n) is 13.6. The molecule has 0 radical (unpaired) electrons. The van der Waals surface area contributed by atoms with Crippen molar-refractivity contribution in [2.45, 2.75) is 0 Å². The van der Waals surface area contributed by atoms with E-state index in [0.717, 1.165) is 48.5 Å². The second-order valence-corrected chi connectivity index (χ2v) is 6.21. The summed E-state index contributed by atoms with van der Waals surface area (Å²) in [6.45, 7) is 3.44. The van der Waals surface area contributed by atoms with Crippen LogP contribution < -0.4 is 9.80 Å². The molecule has 0 unspecified atom stereocenters. The Morgan fingerprint density at radius 3 is 2.16 bits per heavy atom. The van der Waals surface area contributed by atoms with Gasteiger partial charge in [-0.05, 0) is 48.5 Å². The number of anilines is 2. The van der Waals surface area contributed by atoms with Gasteiger partial charge in [-0.15, -0.1) is 0 Å². The Bertz CT molecular complexity index is 912. The summed E-state index contributed by atoms with van der Waals surface area (Å²) < 4.78 is 13.1. The Morgan fingerprint density at radius 1 is 0.920 bits per heavy atom. The molecule has 2 N–H and O–H groups in total. The molecular weight excluding hydrogens is 321 g/mol. The van der Waals surface area contributed by atoms with E-state index in [-0.39, 0.29) is 11.5 Å². The Kier molecular flexibility index (Phi) is 3.80. The van der Waals surface area contributed by atoms with E-state index < -0.39 is 5.97 Å². The van der Waals surface area contributed by atoms with Crippen LogP contribution in [0.4, 0.5) is 15.8 Å². The topological polar surface area (TPSA) is 59.6 Å². The molecule has 128 valence electrons. The zero-order valence-corrected chi connectivity index (χ0v) is 13.6. The fourth-order valence-corrected chi connectivity index (χ4v) is 3.31. The number of nitrogens with one attached hydrogen (secondary N) is 1. The largest absolute Gasteiger partial charge is 0.477 e. The highest BCUT2D eigenvalue weighted by Crippen LogP contribution is 2.25. The fourth-order valence-electron chi connectivity index (χ4n) is 3.31. The molecule has 2 heterocycles. The van der Waals surface area contributed by atoms with Gasteiger partial charge < -0.3 is 19.9 Å². The third kappa shape index (κ3) is 3.03. The van der Waals surface area contributed by atoms with Crippen LogP contribution in [0, 0.1) is 5.82 Å². The summed E-state index contributed by atoms with van der Waals surface area (Å²) in [6, 6.07) is 14.2. The number of carboxylic acids is 1. The average Bonchev–Trinajstić information content (AvgIpc) is 3.06. The van der Waals surface area contributed by atoms with E-state index in [2.05, 4.69) is 14.8 Å². The van der Waals surface area contributed by atoms with Crippen molar-refractivity contribution in [3.63, 3.8) is 0 Å². The first-order chi connectivity index (χ1) is 12.1. The molecule has 0 bridgehead atoms. The Balaban J connectivity index is 1.49. The predicted octanol–water partition coefficient (Wildman–Crippen LogP) is 3.33. The van der Waals surface area contributed by atoms with E-state index in [1.807, 2.05) is 30.3 Å². The predicted molar refractivity (Wildman–Crippen MR) is 96.1 cm³/mol. The molecule has 0 spiro atoms. The van der Waals surface area contributed by atoms with Gasteiger partial charge in [0, 0.05) is 48.5 Å². The van der Waals surface area contributed by atoms with Crippen LogP contribution in [-0.2, 0) is 0 Å². The summed E-state index contributed by atoms with van der Waals surface area (Å²) >= 11 is 0.